The molecule has 1 aliphatic heterocycles. The Morgan fingerprint density at radius 3 is 2.91 bits per heavy atom. The van der Waals surface area contributed by atoms with Crippen LogP contribution in [0.15, 0.2) is 42.5 Å². The number of fused-ring (bicyclic) bond motifs is 1. The van der Waals surface area contributed by atoms with Crippen molar-refractivity contribution in [1.82, 2.24) is 4.90 Å². The number of aliphatic hydroxyl groups excluding tert-OH is 1. The molecule has 0 amide bonds. The van der Waals surface area contributed by atoms with E-state index in [4.69, 9.17) is 5.26 Å². The lowest BCUT2D eigenvalue weighted by molar-refractivity contribution is 0.149. The number of hydrogen-bond acceptors (Lipinski definition) is 3. The van der Waals surface area contributed by atoms with E-state index in [0.717, 1.165) is 11.1 Å². The molecule has 1 heterocycles. The van der Waals surface area contributed by atoms with Gasteiger partial charge in [0.1, 0.15) is 5.82 Å². The van der Waals surface area contributed by atoms with Crippen molar-refractivity contribution in [2.75, 3.05) is 6.54 Å². The quantitative estimate of drug-likeness (QED) is 0.926. The number of hydrogen-bond donors (Lipinski definition) is 1. The molecule has 1 unspecified atom stereocenters. The predicted octanol–water partition coefficient (Wildman–Crippen LogP) is 3.14. The molecule has 112 valence electrons. The summed E-state index contributed by atoms with van der Waals surface area (Å²) in [5.74, 6) is -0.294. The van der Waals surface area contributed by atoms with E-state index in [2.05, 4.69) is 4.90 Å². The van der Waals surface area contributed by atoms with E-state index in [1.807, 2.05) is 30.3 Å². The summed E-state index contributed by atoms with van der Waals surface area (Å²) in [6.45, 7) is 1.79. The van der Waals surface area contributed by atoms with Crippen molar-refractivity contribution in [3.63, 3.8) is 0 Å². The highest BCUT2D eigenvalue weighted by Gasteiger charge is 2.21. The topological polar surface area (TPSA) is 47.3 Å². The fourth-order valence-electron chi connectivity index (χ4n) is 2.92. The summed E-state index contributed by atoms with van der Waals surface area (Å²) in [5.41, 5.74) is 3.01. The van der Waals surface area contributed by atoms with Crippen LogP contribution < -0.4 is 0 Å². The Bertz CT molecular complexity index is 723. The van der Waals surface area contributed by atoms with Gasteiger partial charge in [0.2, 0.25) is 0 Å². The molecule has 0 saturated carbocycles. The fraction of sp³-hybridized carbons (Fsp3) is 0.278. The summed E-state index contributed by atoms with van der Waals surface area (Å²) in [6.07, 6.45) is 0.146. The highest BCUT2D eigenvalue weighted by Crippen LogP contribution is 2.27. The van der Waals surface area contributed by atoms with Crippen molar-refractivity contribution in [3.05, 3.63) is 70.5 Å². The Morgan fingerprint density at radius 2 is 2.09 bits per heavy atom. The molecule has 0 aliphatic carbocycles. The normalized spacial score (nSPS) is 18.3. The van der Waals surface area contributed by atoms with Crippen molar-refractivity contribution < 1.29 is 9.50 Å². The fourth-order valence-corrected chi connectivity index (χ4v) is 2.92. The smallest absolute Gasteiger partial charge is 0.127 e. The summed E-state index contributed by atoms with van der Waals surface area (Å²) in [5, 5.41) is 19.2. The maximum atomic E-state index is 13.9. The van der Waals surface area contributed by atoms with Crippen LogP contribution in [-0.4, -0.2) is 16.6 Å². The predicted molar refractivity (Wildman–Crippen MR) is 81.2 cm³/mol. The highest BCUT2D eigenvalue weighted by molar-refractivity contribution is 5.34. The van der Waals surface area contributed by atoms with E-state index in [0.29, 0.717) is 37.2 Å². The summed E-state index contributed by atoms with van der Waals surface area (Å²) < 4.78 is 13.9. The minimum atomic E-state index is -0.475. The molecular formula is C18H17FN2O. The number of aliphatic hydroxyl groups is 1. The number of nitrogens with zero attached hydrogens (tertiary/aromatic N) is 2. The van der Waals surface area contributed by atoms with Crippen LogP contribution >= 0.6 is 0 Å². The van der Waals surface area contributed by atoms with Crippen LogP contribution in [-0.2, 0) is 13.1 Å². The number of benzene rings is 2. The molecule has 1 aliphatic rings. The zero-order valence-corrected chi connectivity index (χ0v) is 12.2. The van der Waals surface area contributed by atoms with Crippen LogP contribution in [0.2, 0.25) is 0 Å². The minimum absolute atomic E-state index is 0.294. The molecule has 0 radical (unpaired) electrons. The zero-order chi connectivity index (χ0) is 15.5. The maximum absolute atomic E-state index is 13.9. The summed E-state index contributed by atoms with van der Waals surface area (Å²) in [6, 6.07) is 14.3. The third-order valence-corrected chi connectivity index (χ3v) is 4.10. The van der Waals surface area contributed by atoms with Gasteiger partial charge in [-0.25, -0.2) is 4.39 Å². The average Bonchev–Trinajstić information content (AvgIpc) is 2.69. The van der Waals surface area contributed by atoms with Crippen LogP contribution in [0.4, 0.5) is 4.39 Å². The van der Waals surface area contributed by atoms with E-state index in [9.17, 15) is 9.50 Å². The summed E-state index contributed by atoms with van der Waals surface area (Å²) in [4.78, 5) is 2.11. The second-order valence-electron chi connectivity index (χ2n) is 5.63. The van der Waals surface area contributed by atoms with Gasteiger partial charge in [-0.1, -0.05) is 24.3 Å². The van der Waals surface area contributed by atoms with Crippen LogP contribution in [0.5, 0.6) is 0 Å². The van der Waals surface area contributed by atoms with Crippen LogP contribution in [0.1, 0.15) is 34.8 Å². The van der Waals surface area contributed by atoms with Gasteiger partial charge in [0, 0.05) is 25.2 Å². The second kappa shape index (κ2) is 6.27. The number of nitriles is 1. The molecule has 3 nitrogen and oxygen atoms in total. The SMILES string of the molecule is N#Cc1ccc(F)c(CN2CCC(O)c3ccccc3C2)c1. The Hall–Kier alpha value is -2.22. The van der Waals surface area contributed by atoms with E-state index >= 15 is 0 Å². The largest absolute Gasteiger partial charge is 0.388 e. The maximum Gasteiger partial charge on any atom is 0.127 e. The van der Waals surface area contributed by atoms with Gasteiger partial charge in [0.15, 0.2) is 0 Å². The molecule has 0 saturated heterocycles. The zero-order valence-electron chi connectivity index (χ0n) is 12.2. The lowest BCUT2D eigenvalue weighted by atomic mass is 10.0. The Kier molecular flexibility index (Phi) is 4.19. The molecule has 4 heteroatoms. The summed E-state index contributed by atoms with van der Waals surface area (Å²) >= 11 is 0. The van der Waals surface area contributed by atoms with Gasteiger partial charge in [0.25, 0.3) is 0 Å². The molecule has 1 N–H and O–H groups in total. The van der Waals surface area contributed by atoms with Gasteiger partial charge >= 0.3 is 0 Å². The van der Waals surface area contributed by atoms with Gasteiger partial charge < -0.3 is 5.11 Å². The van der Waals surface area contributed by atoms with E-state index in [1.165, 1.54) is 12.1 Å². The van der Waals surface area contributed by atoms with Crippen molar-refractivity contribution in [2.45, 2.75) is 25.6 Å². The molecule has 0 spiro atoms. The van der Waals surface area contributed by atoms with Crippen molar-refractivity contribution >= 4 is 0 Å². The highest BCUT2D eigenvalue weighted by atomic mass is 19.1. The minimum Gasteiger partial charge on any atom is -0.388 e. The Morgan fingerprint density at radius 1 is 1.27 bits per heavy atom. The molecule has 1 atom stereocenters. The first kappa shape index (κ1) is 14.7. The Labute approximate surface area is 129 Å². The molecule has 0 aromatic heterocycles. The van der Waals surface area contributed by atoms with Gasteiger partial charge in [-0.05, 0) is 35.7 Å². The molecular weight excluding hydrogens is 279 g/mol. The first-order valence-electron chi connectivity index (χ1n) is 7.34. The number of halogens is 1. The molecule has 22 heavy (non-hydrogen) atoms. The Balaban J connectivity index is 1.84. The van der Waals surface area contributed by atoms with Crippen molar-refractivity contribution in [1.29, 1.82) is 5.26 Å². The number of rotatable bonds is 2. The van der Waals surface area contributed by atoms with Gasteiger partial charge in [-0.3, -0.25) is 4.90 Å². The van der Waals surface area contributed by atoms with Crippen LogP contribution in [0.25, 0.3) is 0 Å². The van der Waals surface area contributed by atoms with E-state index < -0.39 is 6.10 Å². The summed E-state index contributed by atoms with van der Waals surface area (Å²) in [7, 11) is 0. The molecule has 0 bridgehead atoms. The van der Waals surface area contributed by atoms with Crippen molar-refractivity contribution in [3.8, 4) is 6.07 Å². The van der Waals surface area contributed by atoms with Gasteiger partial charge in [-0.2, -0.15) is 5.26 Å². The second-order valence-corrected chi connectivity index (χ2v) is 5.63. The monoisotopic (exact) mass is 296 g/mol. The third-order valence-electron chi connectivity index (χ3n) is 4.10. The average molecular weight is 296 g/mol. The first-order chi connectivity index (χ1) is 10.7. The lowest BCUT2D eigenvalue weighted by Crippen LogP contribution is -2.23. The standard InChI is InChI=1S/C18H17FN2O/c19-17-6-5-13(10-20)9-15(17)12-21-8-7-18(22)16-4-2-1-3-14(16)11-21/h1-6,9,18,22H,7-8,11-12H2. The lowest BCUT2D eigenvalue weighted by Gasteiger charge is -2.20. The van der Waals surface area contributed by atoms with E-state index in [-0.39, 0.29) is 5.82 Å². The molecule has 0 fully saturated rings. The van der Waals surface area contributed by atoms with Crippen LogP contribution in [0, 0.1) is 17.1 Å². The van der Waals surface area contributed by atoms with Gasteiger partial charge in [-0.15, -0.1) is 0 Å². The van der Waals surface area contributed by atoms with Crippen molar-refractivity contribution in [2.24, 2.45) is 0 Å². The third kappa shape index (κ3) is 3.01. The first-order valence-corrected chi connectivity index (χ1v) is 7.34. The van der Waals surface area contributed by atoms with E-state index in [1.54, 1.807) is 6.07 Å². The van der Waals surface area contributed by atoms with Gasteiger partial charge in [0.05, 0.1) is 17.7 Å². The molecule has 3 rings (SSSR count). The van der Waals surface area contributed by atoms with Crippen LogP contribution in [0.3, 0.4) is 0 Å². The molecule has 2 aromatic carbocycles. The molecule has 2 aromatic rings.